The minimum atomic E-state index is -4.83. The van der Waals surface area contributed by atoms with Gasteiger partial charge in [-0.1, -0.05) is 45.1 Å². The van der Waals surface area contributed by atoms with Gasteiger partial charge in [0.1, 0.15) is 16.6 Å². The van der Waals surface area contributed by atoms with Crippen molar-refractivity contribution in [2.24, 2.45) is 10.2 Å². The van der Waals surface area contributed by atoms with Crippen LogP contribution in [0.25, 0.3) is 10.8 Å². The van der Waals surface area contributed by atoms with Crippen molar-refractivity contribution in [2.45, 2.75) is 55.2 Å². The van der Waals surface area contributed by atoms with E-state index in [0.717, 1.165) is 44.2 Å². The Morgan fingerprint density at radius 1 is 0.768 bits per heavy atom. The van der Waals surface area contributed by atoms with Crippen molar-refractivity contribution < 1.29 is 46.4 Å². The minimum absolute atomic E-state index is 0.0252. The smallest absolute Gasteiger partial charge is 0.335 e. The molecule has 1 amide bonds. The van der Waals surface area contributed by atoms with Crippen LogP contribution in [0.2, 0.25) is 5.28 Å². The van der Waals surface area contributed by atoms with Crippen LogP contribution >= 0.6 is 22.5 Å². The van der Waals surface area contributed by atoms with E-state index in [4.69, 9.17) is 11.6 Å². The Morgan fingerprint density at radius 3 is 2.07 bits per heavy atom. The summed E-state index contributed by atoms with van der Waals surface area (Å²) in [5, 5.41) is 37.7. The summed E-state index contributed by atoms with van der Waals surface area (Å²) in [4.78, 5) is 36.4. The van der Waals surface area contributed by atoms with Crippen LogP contribution in [0, 0.1) is 0 Å². The lowest BCUT2D eigenvalue weighted by molar-refractivity contribution is 0.0696. The van der Waals surface area contributed by atoms with Crippen LogP contribution in [0.15, 0.2) is 86.7 Å². The Balaban J connectivity index is 1.46. The van der Waals surface area contributed by atoms with E-state index in [1.165, 1.54) is 54.6 Å². The SMILES string of the molecule is CCCCCCCCNC(=O)c1cc2cc(C(=O)O)ccc2c(N=Nc2cc(Nc3nc(Cl)nc(Nc4ccc(S(O)(O)O)cc4)n3)cc(S(=O)(=O)O)c2)c1O. The first-order valence-electron chi connectivity index (χ1n) is 16.9. The van der Waals surface area contributed by atoms with Crippen LogP contribution in [-0.2, 0) is 10.1 Å². The number of rotatable bonds is 17. The van der Waals surface area contributed by atoms with E-state index < -0.39 is 43.5 Å². The van der Waals surface area contributed by atoms with Gasteiger partial charge >= 0.3 is 5.97 Å². The van der Waals surface area contributed by atoms with Gasteiger partial charge in [0.2, 0.25) is 17.2 Å². The van der Waals surface area contributed by atoms with E-state index in [9.17, 15) is 46.4 Å². The highest BCUT2D eigenvalue weighted by molar-refractivity contribution is 8.19. The molecule has 1 aromatic heterocycles. The summed E-state index contributed by atoms with van der Waals surface area (Å²) >= 11 is 6.11. The normalized spacial score (nSPS) is 12.2. The predicted octanol–water partition coefficient (Wildman–Crippen LogP) is 8.90. The second-order valence-electron chi connectivity index (χ2n) is 12.3. The Morgan fingerprint density at radius 2 is 1.43 bits per heavy atom. The number of aromatic hydroxyl groups is 1. The number of fused-ring (bicyclic) bond motifs is 1. The molecule has 0 aliphatic rings. The van der Waals surface area contributed by atoms with Gasteiger partial charge < -0.3 is 39.8 Å². The Hall–Kier alpha value is -5.48. The quantitative estimate of drug-likeness (QED) is 0.0240. The number of hydrogen-bond acceptors (Lipinski definition) is 15. The van der Waals surface area contributed by atoms with Crippen molar-refractivity contribution in [3.8, 4) is 5.75 Å². The van der Waals surface area contributed by atoms with Crippen LogP contribution in [0.4, 0.5) is 34.6 Å². The standard InChI is InChI=1S/C35H37ClN8O10S2/c1-2-3-4-5-6-7-14-37-31(46)28-16-21-15-20(32(47)48)8-13-27(21)29(30(28)45)44-43-24-17-23(18-26(19-24)56(52,53)54)39-35-41-33(36)40-34(42-35)38-22-9-11-25(12-10-22)55(49,50)51/h8-13,15-19,45,49-51H,2-7,14H2,1H3,(H,37,46)(H,47,48)(H,52,53,54)(H2,38,39,40,41,42). The third kappa shape index (κ3) is 11.1. The molecule has 0 fully saturated rings. The lowest BCUT2D eigenvalue weighted by Gasteiger charge is -2.19. The molecule has 0 unspecified atom stereocenters. The van der Waals surface area contributed by atoms with Crippen molar-refractivity contribution in [3.63, 3.8) is 0 Å². The number of amides is 1. The van der Waals surface area contributed by atoms with E-state index >= 15 is 0 Å². The largest absolute Gasteiger partial charge is 0.505 e. The molecule has 1 heterocycles. The average Bonchev–Trinajstić information content (AvgIpc) is 3.12. The molecule has 0 spiro atoms. The number of halogens is 1. The number of carbonyl (C=O) groups is 2. The van der Waals surface area contributed by atoms with Crippen LogP contribution in [0.5, 0.6) is 5.75 Å². The van der Waals surface area contributed by atoms with Gasteiger partial charge in [-0.05, 0) is 84.1 Å². The summed E-state index contributed by atoms with van der Waals surface area (Å²) in [5.41, 5.74) is -0.321. The molecule has 0 saturated carbocycles. The summed E-state index contributed by atoms with van der Waals surface area (Å²) < 4.78 is 62.8. The summed E-state index contributed by atoms with van der Waals surface area (Å²) in [5.74, 6) is -2.69. The van der Waals surface area contributed by atoms with Gasteiger partial charge in [0.15, 0.2) is 5.75 Å². The summed E-state index contributed by atoms with van der Waals surface area (Å²) in [7, 11) is -8.76. The zero-order valence-electron chi connectivity index (χ0n) is 29.5. The molecular formula is C35H37ClN8O10S2. The number of azo groups is 1. The van der Waals surface area contributed by atoms with Gasteiger partial charge in [-0.2, -0.15) is 28.5 Å². The highest BCUT2D eigenvalue weighted by Crippen LogP contribution is 2.44. The van der Waals surface area contributed by atoms with Gasteiger partial charge in [-0.25, -0.2) is 4.79 Å². The van der Waals surface area contributed by atoms with Gasteiger partial charge in [0, 0.05) is 23.3 Å². The molecule has 5 rings (SSSR count). The summed E-state index contributed by atoms with van der Waals surface area (Å²) in [6.07, 6.45) is 5.97. The van der Waals surface area contributed by atoms with Crippen LogP contribution < -0.4 is 16.0 Å². The number of hydrogen-bond donors (Lipinski definition) is 9. The monoisotopic (exact) mass is 828 g/mol. The van der Waals surface area contributed by atoms with E-state index in [0.29, 0.717) is 18.7 Å². The first-order valence-corrected chi connectivity index (χ1v) is 20.3. The molecule has 296 valence electrons. The predicted molar refractivity (Wildman–Crippen MR) is 210 cm³/mol. The first-order chi connectivity index (χ1) is 26.5. The number of phenols is 1. The Labute approximate surface area is 327 Å². The molecular weight excluding hydrogens is 792 g/mol. The fraction of sp³-hybridized carbons (Fsp3) is 0.229. The highest BCUT2D eigenvalue weighted by Gasteiger charge is 2.21. The maximum absolute atomic E-state index is 13.2. The fourth-order valence-electron chi connectivity index (χ4n) is 5.40. The molecule has 0 aliphatic carbocycles. The van der Waals surface area contributed by atoms with Crippen LogP contribution in [-0.4, -0.2) is 70.2 Å². The number of aromatic nitrogens is 3. The summed E-state index contributed by atoms with van der Waals surface area (Å²) in [6.45, 7) is 2.46. The Bertz CT molecular complexity index is 2400. The number of carbonyl (C=O) groups excluding carboxylic acids is 1. The number of unbranched alkanes of at least 4 members (excludes halogenated alkanes) is 5. The third-order valence-electron chi connectivity index (χ3n) is 8.14. The van der Waals surface area contributed by atoms with Gasteiger partial charge in [-0.3, -0.25) is 9.35 Å². The van der Waals surface area contributed by atoms with Crippen molar-refractivity contribution in [1.29, 1.82) is 0 Å². The number of nitrogens with zero attached hydrogens (tertiary/aromatic N) is 5. The Kier molecular flexibility index (Phi) is 13.4. The second-order valence-corrected chi connectivity index (χ2v) is 15.6. The number of aromatic carboxylic acids is 1. The van der Waals surface area contributed by atoms with Gasteiger partial charge in [0.05, 0.1) is 26.6 Å². The molecule has 21 heteroatoms. The zero-order chi connectivity index (χ0) is 40.6. The number of nitrogens with one attached hydrogen (secondary N) is 3. The number of carboxylic acid groups (broad SMARTS) is 1. The molecule has 4 aromatic carbocycles. The topological polar surface area (TPSA) is 289 Å². The average molecular weight is 829 g/mol. The van der Waals surface area contributed by atoms with Crippen molar-refractivity contribution in [1.82, 2.24) is 20.3 Å². The minimum Gasteiger partial charge on any atom is -0.505 e. The highest BCUT2D eigenvalue weighted by atomic mass is 35.5. The first kappa shape index (κ1) is 41.7. The molecule has 0 aliphatic heterocycles. The van der Waals surface area contributed by atoms with Crippen molar-refractivity contribution in [2.75, 3.05) is 17.2 Å². The summed E-state index contributed by atoms with van der Waals surface area (Å²) in [6, 6.07) is 14.0. The van der Waals surface area contributed by atoms with Crippen molar-refractivity contribution >= 4 is 89.9 Å². The molecule has 5 aromatic rings. The maximum Gasteiger partial charge on any atom is 0.335 e. The molecule has 0 saturated heterocycles. The third-order valence-corrected chi connectivity index (χ3v) is 10.0. The fourth-order valence-corrected chi connectivity index (χ4v) is 6.60. The van der Waals surface area contributed by atoms with Gasteiger partial charge in [-0.15, -0.1) is 5.11 Å². The molecule has 56 heavy (non-hydrogen) atoms. The van der Waals surface area contributed by atoms with E-state index in [2.05, 4.69) is 48.1 Å². The molecule has 9 N–H and O–H groups in total. The van der Waals surface area contributed by atoms with E-state index in [1.807, 2.05) is 0 Å². The van der Waals surface area contributed by atoms with Crippen molar-refractivity contribution in [3.05, 3.63) is 83.1 Å². The molecule has 18 nitrogen and oxygen atoms in total. The number of phenolic OH excluding ortho intramolecular Hbond substituents is 1. The molecule has 0 bridgehead atoms. The van der Waals surface area contributed by atoms with Gasteiger partial charge in [0.25, 0.3) is 16.0 Å². The molecule has 0 atom stereocenters. The number of benzene rings is 4. The lowest BCUT2D eigenvalue weighted by Crippen LogP contribution is -2.24. The number of anilines is 4. The zero-order valence-corrected chi connectivity index (χ0v) is 31.9. The van der Waals surface area contributed by atoms with E-state index in [1.54, 1.807) is 0 Å². The number of carboxylic acids is 1. The van der Waals surface area contributed by atoms with E-state index in [-0.39, 0.29) is 61.0 Å². The van der Waals surface area contributed by atoms with Crippen LogP contribution in [0.1, 0.15) is 66.2 Å². The second kappa shape index (κ2) is 18.0. The maximum atomic E-state index is 13.2. The van der Waals surface area contributed by atoms with Crippen LogP contribution in [0.3, 0.4) is 0 Å². The molecule has 0 radical (unpaired) electrons. The lowest BCUT2D eigenvalue weighted by atomic mass is 10.0.